The second-order valence-corrected chi connectivity index (χ2v) is 12.1. The van der Waals surface area contributed by atoms with E-state index in [4.69, 9.17) is 0 Å². The van der Waals surface area contributed by atoms with Crippen molar-refractivity contribution in [1.29, 1.82) is 10.5 Å². The van der Waals surface area contributed by atoms with E-state index in [1.807, 2.05) is 18.2 Å². The topological polar surface area (TPSA) is 104 Å². The fourth-order valence-electron chi connectivity index (χ4n) is 6.32. The summed E-state index contributed by atoms with van der Waals surface area (Å²) in [7, 11) is 0. The molecular weight excluding hydrogens is 603 g/mol. The first-order chi connectivity index (χ1) is 24.0. The molecule has 0 N–H and O–H groups in total. The predicted octanol–water partition coefficient (Wildman–Crippen LogP) is 9.39. The summed E-state index contributed by atoms with van der Waals surface area (Å²) in [6, 6.07) is 40.6. The van der Waals surface area contributed by atoms with Crippen LogP contribution in [0.1, 0.15) is 22.3 Å². The molecule has 8 rings (SSSR count). The number of benzene rings is 5. The van der Waals surface area contributed by atoms with Gasteiger partial charge in [0.25, 0.3) is 0 Å². The quantitative estimate of drug-likeness (QED) is 0.188. The smallest absolute Gasteiger partial charge is 0.161 e. The SMILES string of the molecule is Cc1ccc(-c2ccc3c4cc(-c5cccc(C)c5)ccc4n(-c4ccc(-c5ncc(C#N)cn5)cc4-c4ncc(C#N)cn4)c3c2)cc1. The van der Waals surface area contributed by atoms with Crippen molar-refractivity contribution in [3.8, 4) is 62.9 Å². The van der Waals surface area contributed by atoms with Crippen LogP contribution in [0.15, 0.2) is 128 Å². The van der Waals surface area contributed by atoms with Gasteiger partial charge >= 0.3 is 0 Å². The van der Waals surface area contributed by atoms with Crippen molar-refractivity contribution in [2.24, 2.45) is 0 Å². The molecule has 0 radical (unpaired) electrons. The Morgan fingerprint density at radius 3 is 1.80 bits per heavy atom. The van der Waals surface area contributed by atoms with Gasteiger partial charge in [0.2, 0.25) is 0 Å². The molecule has 0 fully saturated rings. The fraction of sp³-hybridized carbons (Fsp3) is 0.0476. The molecule has 0 saturated carbocycles. The number of aryl methyl sites for hydroxylation is 2. The van der Waals surface area contributed by atoms with Crippen molar-refractivity contribution in [2.75, 3.05) is 0 Å². The average molecular weight is 630 g/mol. The van der Waals surface area contributed by atoms with Gasteiger partial charge in [-0.15, -0.1) is 0 Å². The van der Waals surface area contributed by atoms with Crippen LogP contribution < -0.4 is 0 Å². The molecule has 0 amide bonds. The van der Waals surface area contributed by atoms with E-state index in [1.165, 1.54) is 35.9 Å². The molecule has 8 aromatic rings. The van der Waals surface area contributed by atoms with Gasteiger partial charge in [-0.2, -0.15) is 10.5 Å². The Bertz CT molecular complexity index is 2620. The van der Waals surface area contributed by atoms with Crippen molar-refractivity contribution < 1.29 is 0 Å². The Balaban J connectivity index is 1.42. The maximum absolute atomic E-state index is 9.46. The molecule has 7 nitrogen and oxygen atoms in total. The Hall–Kier alpha value is -6.96. The van der Waals surface area contributed by atoms with Crippen molar-refractivity contribution >= 4 is 21.8 Å². The molecule has 0 spiro atoms. The van der Waals surface area contributed by atoms with Crippen molar-refractivity contribution in [3.05, 3.63) is 150 Å². The molecule has 3 aromatic heterocycles. The molecule has 3 heterocycles. The van der Waals surface area contributed by atoms with Crippen molar-refractivity contribution in [2.45, 2.75) is 13.8 Å². The van der Waals surface area contributed by atoms with E-state index in [0.29, 0.717) is 22.8 Å². The lowest BCUT2D eigenvalue weighted by Gasteiger charge is -2.15. The van der Waals surface area contributed by atoms with Crippen molar-refractivity contribution in [1.82, 2.24) is 24.5 Å². The summed E-state index contributed by atoms with van der Waals surface area (Å²) < 4.78 is 2.27. The molecule has 0 aliphatic carbocycles. The van der Waals surface area contributed by atoms with Crippen LogP contribution in [0.25, 0.3) is 72.5 Å². The second-order valence-electron chi connectivity index (χ2n) is 12.1. The molecule has 0 saturated heterocycles. The van der Waals surface area contributed by atoms with Crippen molar-refractivity contribution in [3.63, 3.8) is 0 Å². The van der Waals surface area contributed by atoms with Crippen LogP contribution in [-0.2, 0) is 0 Å². The van der Waals surface area contributed by atoms with E-state index in [0.717, 1.165) is 60.9 Å². The van der Waals surface area contributed by atoms with Gasteiger partial charge in [0, 0.05) is 46.7 Å². The van der Waals surface area contributed by atoms with Crippen LogP contribution in [-0.4, -0.2) is 24.5 Å². The van der Waals surface area contributed by atoms with Crippen LogP contribution >= 0.6 is 0 Å². The van der Waals surface area contributed by atoms with Gasteiger partial charge in [-0.1, -0.05) is 77.9 Å². The van der Waals surface area contributed by atoms with Crippen LogP contribution in [0, 0.1) is 36.5 Å². The van der Waals surface area contributed by atoms with Gasteiger partial charge in [0.15, 0.2) is 11.6 Å². The van der Waals surface area contributed by atoms with E-state index in [2.05, 4.69) is 135 Å². The molecule has 230 valence electrons. The van der Waals surface area contributed by atoms with Gasteiger partial charge in [0.1, 0.15) is 12.1 Å². The summed E-state index contributed by atoms with van der Waals surface area (Å²) in [5, 5.41) is 21.0. The van der Waals surface area contributed by atoms with Crippen LogP contribution in [0.4, 0.5) is 0 Å². The standard InChI is InChI=1S/C42H27N7/c1-26-6-8-30(9-7-26)33-10-13-35-36-17-32(31-5-3-4-27(2)16-31)11-14-38(36)49(40(35)19-33)39-15-12-34(41-45-22-28(20-43)23-46-41)18-37(39)42-47-24-29(21-44)25-48-42/h3-19,22-25H,1-2H3. The van der Waals surface area contributed by atoms with Gasteiger partial charge in [-0.3, -0.25) is 0 Å². The van der Waals surface area contributed by atoms with Crippen LogP contribution in [0.5, 0.6) is 0 Å². The van der Waals surface area contributed by atoms with Gasteiger partial charge in [-0.25, -0.2) is 19.9 Å². The maximum atomic E-state index is 9.46. The lowest BCUT2D eigenvalue weighted by atomic mass is 10.00. The number of nitriles is 2. The fourth-order valence-corrected chi connectivity index (χ4v) is 6.32. The largest absolute Gasteiger partial charge is 0.308 e. The summed E-state index contributed by atoms with van der Waals surface area (Å²) in [6.45, 7) is 4.20. The lowest BCUT2D eigenvalue weighted by molar-refractivity contribution is 1.12. The summed E-state index contributed by atoms with van der Waals surface area (Å²) in [6.07, 6.45) is 6.10. The monoisotopic (exact) mass is 629 g/mol. The molecule has 0 unspecified atom stereocenters. The predicted molar refractivity (Wildman–Crippen MR) is 193 cm³/mol. The first-order valence-electron chi connectivity index (χ1n) is 15.8. The maximum Gasteiger partial charge on any atom is 0.161 e. The van der Waals surface area contributed by atoms with E-state index in [1.54, 1.807) is 0 Å². The van der Waals surface area contributed by atoms with E-state index in [9.17, 15) is 10.5 Å². The third-order valence-corrected chi connectivity index (χ3v) is 8.80. The molecule has 0 atom stereocenters. The van der Waals surface area contributed by atoms with Crippen LogP contribution in [0.3, 0.4) is 0 Å². The molecule has 0 aliphatic heterocycles. The minimum absolute atomic E-state index is 0.375. The number of nitrogens with zero attached hydrogens (tertiary/aromatic N) is 7. The molecule has 49 heavy (non-hydrogen) atoms. The first kappa shape index (κ1) is 29.4. The minimum Gasteiger partial charge on any atom is -0.308 e. The summed E-state index contributed by atoms with van der Waals surface area (Å²) in [5.74, 6) is 0.942. The highest BCUT2D eigenvalue weighted by Crippen LogP contribution is 2.40. The normalized spacial score (nSPS) is 11.0. The Labute approximate surface area is 283 Å². The Morgan fingerprint density at radius 1 is 0.490 bits per heavy atom. The summed E-state index contributed by atoms with van der Waals surface area (Å²) in [5.41, 5.74) is 12.2. The van der Waals surface area contributed by atoms with Gasteiger partial charge in [-0.05, 0) is 72.5 Å². The number of fused-ring (bicyclic) bond motifs is 3. The van der Waals surface area contributed by atoms with E-state index >= 15 is 0 Å². The Kier molecular flexibility index (Phi) is 7.21. The molecule has 7 heteroatoms. The number of hydrogen-bond acceptors (Lipinski definition) is 6. The highest BCUT2D eigenvalue weighted by Gasteiger charge is 2.20. The summed E-state index contributed by atoms with van der Waals surface area (Å²) in [4.78, 5) is 18.1. The third kappa shape index (κ3) is 5.36. The summed E-state index contributed by atoms with van der Waals surface area (Å²) >= 11 is 0. The third-order valence-electron chi connectivity index (χ3n) is 8.80. The average Bonchev–Trinajstić information content (AvgIpc) is 3.47. The highest BCUT2D eigenvalue weighted by atomic mass is 15.0. The van der Waals surface area contributed by atoms with E-state index < -0.39 is 0 Å². The lowest BCUT2D eigenvalue weighted by Crippen LogP contribution is -2.01. The number of hydrogen-bond donors (Lipinski definition) is 0. The molecule has 0 bridgehead atoms. The zero-order valence-corrected chi connectivity index (χ0v) is 26.8. The van der Waals surface area contributed by atoms with Crippen LogP contribution in [0.2, 0.25) is 0 Å². The van der Waals surface area contributed by atoms with E-state index in [-0.39, 0.29) is 0 Å². The first-order valence-corrected chi connectivity index (χ1v) is 15.8. The highest BCUT2D eigenvalue weighted by molar-refractivity contribution is 6.12. The molecule has 0 aliphatic rings. The zero-order valence-electron chi connectivity index (χ0n) is 26.8. The number of rotatable bonds is 5. The van der Waals surface area contributed by atoms with Gasteiger partial charge in [0.05, 0.1) is 27.8 Å². The number of aromatic nitrogens is 5. The second kappa shape index (κ2) is 12.0. The minimum atomic E-state index is 0.375. The zero-order chi connectivity index (χ0) is 33.5. The Morgan fingerprint density at radius 2 is 1.10 bits per heavy atom. The molecule has 5 aromatic carbocycles. The van der Waals surface area contributed by atoms with Gasteiger partial charge < -0.3 is 4.57 Å². The molecular formula is C42H27N7.